The number of thiophene rings is 1. The number of rotatable bonds is 6. The molecule has 5 rings (SSSR count). The summed E-state index contributed by atoms with van der Waals surface area (Å²) in [5, 5.41) is 12.2. The number of nitrogens with one attached hydrogen (secondary N) is 1. The molecule has 3 aromatic heterocycles. The van der Waals surface area contributed by atoms with E-state index in [-0.39, 0.29) is 34.8 Å². The number of benzene rings is 1. The zero-order valence-corrected chi connectivity index (χ0v) is 23.6. The number of carbonyl (C=O) groups excluding carboxylic acids is 2. The van der Waals surface area contributed by atoms with E-state index >= 15 is 0 Å². The number of fused-ring (bicyclic) bond motifs is 1. The fraction of sp³-hybridized carbons (Fsp3) is 0.310. The molecular weight excluding hydrogens is 514 g/mol. The van der Waals surface area contributed by atoms with Gasteiger partial charge in [-0.3, -0.25) is 19.5 Å². The molecule has 1 aliphatic heterocycles. The number of aryl methyl sites for hydroxylation is 1. The normalized spacial score (nSPS) is 15.7. The van der Waals surface area contributed by atoms with Crippen molar-refractivity contribution < 1.29 is 9.59 Å². The van der Waals surface area contributed by atoms with Crippen LogP contribution < -0.4 is 10.2 Å². The number of carbonyl (C=O) groups is 2. The van der Waals surface area contributed by atoms with Crippen molar-refractivity contribution in [3.63, 3.8) is 0 Å². The van der Waals surface area contributed by atoms with Crippen LogP contribution in [0.3, 0.4) is 0 Å². The third-order valence-electron chi connectivity index (χ3n) is 6.48. The third-order valence-corrected chi connectivity index (χ3v) is 8.44. The largest absolute Gasteiger partial charge is 0.349 e. The lowest BCUT2D eigenvalue weighted by atomic mass is 9.87. The molecule has 0 bridgehead atoms. The quantitative estimate of drug-likeness (QED) is 0.350. The molecule has 0 saturated heterocycles. The molecule has 4 heterocycles. The Morgan fingerprint density at radius 2 is 1.92 bits per heavy atom. The summed E-state index contributed by atoms with van der Waals surface area (Å²) >= 11 is 3.24. The molecule has 38 heavy (non-hydrogen) atoms. The smallest absolute Gasteiger partial charge is 0.240 e. The first-order chi connectivity index (χ1) is 18.2. The maximum Gasteiger partial charge on any atom is 0.240 e. The first-order valence-electron chi connectivity index (χ1n) is 12.5. The maximum absolute atomic E-state index is 13.7. The maximum atomic E-state index is 13.7. The van der Waals surface area contributed by atoms with Gasteiger partial charge in [0.1, 0.15) is 12.4 Å². The highest BCUT2D eigenvalue weighted by Gasteiger charge is 2.40. The van der Waals surface area contributed by atoms with Gasteiger partial charge >= 0.3 is 0 Å². The second-order valence-electron chi connectivity index (χ2n) is 10.4. The Hall–Kier alpha value is -3.43. The van der Waals surface area contributed by atoms with Crippen LogP contribution in [0.5, 0.6) is 0 Å². The van der Waals surface area contributed by atoms with Gasteiger partial charge in [0, 0.05) is 17.2 Å². The lowest BCUT2D eigenvalue weighted by Gasteiger charge is -2.24. The van der Waals surface area contributed by atoms with E-state index in [0.29, 0.717) is 12.4 Å². The number of nitrogens with zero attached hydrogens (tertiary/aromatic N) is 4. The van der Waals surface area contributed by atoms with Crippen molar-refractivity contribution in [2.75, 3.05) is 17.2 Å². The summed E-state index contributed by atoms with van der Waals surface area (Å²) in [5.74, 6) is 0.574. The summed E-state index contributed by atoms with van der Waals surface area (Å²) in [6.07, 6.45) is 1.70. The summed E-state index contributed by atoms with van der Waals surface area (Å²) in [7, 11) is 0. The van der Waals surface area contributed by atoms with E-state index < -0.39 is 0 Å². The Morgan fingerprint density at radius 1 is 1.13 bits per heavy atom. The summed E-state index contributed by atoms with van der Waals surface area (Å²) in [4.78, 5) is 32.8. The van der Waals surface area contributed by atoms with Crippen molar-refractivity contribution in [2.24, 2.45) is 0 Å². The Kier molecular flexibility index (Phi) is 7.40. The van der Waals surface area contributed by atoms with Gasteiger partial charge in [-0.25, -0.2) is 4.68 Å². The number of pyridine rings is 1. The van der Waals surface area contributed by atoms with Crippen LogP contribution in [-0.2, 0) is 21.5 Å². The average molecular weight is 546 g/mol. The molecule has 0 fully saturated rings. The summed E-state index contributed by atoms with van der Waals surface area (Å²) < 4.78 is 1.88. The predicted molar refractivity (Wildman–Crippen MR) is 154 cm³/mol. The number of hydrogen-bond acceptors (Lipinski definition) is 6. The molecule has 2 amide bonds. The first kappa shape index (κ1) is 26.2. The van der Waals surface area contributed by atoms with Gasteiger partial charge in [-0.2, -0.15) is 16.4 Å². The van der Waals surface area contributed by atoms with Crippen LogP contribution in [0.1, 0.15) is 54.1 Å². The topological polar surface area (TPSA) is 80.1 Å². The number of para-hydroxylation sites is 1. The Morgan fingerprint density at radius 3 is 2.61 bits per heavy atom. The lowest BCUT2D eigenvalue weighted by molar-refractivity contribution is -0.123. The van der Waals surface area contributed by atoms with Crippen LogP contribution in [-0.4, -0.2) is 38.9 Å². The Balaban J connectivity index is 1.64. The van der Waals surface area contributed by atoms with Crippen molar-refractivity contribution >= 4 is 40.7 Å². The molecule has 0 aliphatic carbocycles. The van der Waals surface area contributed by atoms with Gasteiger partial charge in [-0.1, -0.05) is 45.0 Å². The molecule has 7 nitrogen and oxygen atoms in total. The van der Waals surface area contributed by atoms with Gasteiger partial charge in [0.15, 0.2) is 0 Å². The van der Waals surface area contributed by atoms with Crippen LogP contribution in [0.15, 0.2) is 65.5 Å². The second-order valence-corrected chi connectivity index (χ2v) is 12.2. The molecule has 196 valence electrons. The van der Waals surface area contributed by atoms with Gasteiger partial charge in [0.2, 0.25) is 11.8 Å². The van der Waals surface area contributed by atoms with Gasteiger partial charge in [-0.15, -0.1) is 11.8 Å². The minimum absolute atomic E-state index is 0.0752. The minimum atomic E-state index is -0.285. The van der Waals surface area contributed by atoms with Crippen LogP contribution in [0.4, 0.5) is 5.82 Å². The number of aromatic nitrogens is 3. The van der Waals surface area contributed by atoms with Crippen molar-refractivity contribution in [3.8, 4) is 5.69 Å². The molecule has 1 aromatic carbocycles. The Bertz CT molecular complexity index is 1440. The van der Waals surface area contributed by atoms with E-state index in [1.807, 2.05) is 54.1 Å². The lowest BCUT2D eigenvalue weighted by Crippen LogP contribution is -2.42. The zero-order valence-electron chi connectivity index (χ0n) is 22.0. The highest BCUT2D eigenvalue weighted by atomic mass is 32.2. The van der Waals surface area contributed by atoms with Gasteiger partial charge < -0.3 is 5.32 Å². The van der Waals surface area contributed by atoms with E-state index in [1.54, 1.807) is 34.2 Å². The van der Waals surface area contributed by atoms with Crippen molar-refractivity contribution in [1.29, 1.82) is 0 Å². The van der Waals surface area contributed by atoms with Crippen LogP contribution in [0.25, 0.3) is 5.69 Å². The van der Waals surface area contributed by atoms with E-state index in [0.717, 1.165) is 33.8 Å². The third kappa shape index (κ3) is 5.26. The SMILES string of the molecule is Cc1ccccc1-n1nc(C(C)(C)C)c2c1N(CC(=O)NCc1ccccn1)C(=O)CSC2c1ccsc1. The van der Waals surface area contributed by atoms with Crippen molar-refractivity contribution in [2.45, 2.75) is 44.9 Å². The summed E-state index contributed by atoms with van der Waals surface area (Å²) in [6.45, 7) is 8.66. The number of thioether (sulfide) groups is 1. The number of anilines is 1. The van der Waals surface area contributed by atoms with E-state index in [9.17, 15) is 9.59 Å². The minimum Gasteiger partial charge on any atom is -0.349 e. The second kappa shape index (κ2) is 10.7. The first-order valence-corrected chi connectivity index (χ1v) is 14.5. The van der Waals surface area contributed by atoms with Gasteiger partial charge in [0.05, 0.1) is 34.6 Å². The van der Waals surface area contributed by atoms with E-state index in [1.165, 1.54) is 0 Å². The number of amides is 2. The molecule has 1 unspecified atom stereocenters. The van der Waals surface area contributed by atoms with Gasteiger partial charge in [-0.05, 0) is 53.1 Å². The fourth-order valence-electron chi connectivity index (χ4n) is 4.62. The average Bonchev–Trinajstić information content (AvgIpc) is 3.54. The molecule has 0 radical (unpaired) electrons. The molecule has 0 saturated carbocycles. The molecule has 0 spiro atoms. The standard InChI is InChI=1S/C29H31N5O2S2/c1-19-9-5-6-11-22(19)34-28-25(27(32-34)29(2,3)4)26(20-12-14-37-17-20)38-18-24(36)33(28)16-23(35)31-15-21-10-7-8-13-30-21/h5-14,17,26H,15-16,18H2,1-4H3,(H,31,35). The summed E-state index contributed by atoms with van der Waals surface area (Å²) in [6, 6.07) is 15.7. The highest BCUT2D eigenvalue weighted by molar-refractivity contribution is 8.00. The monoisotopic (exact) mass is 545 g/mol. The van der Waals surface area contributed by atoms with Crippen molar-refractivity contribution in [3.05, 3.63) is 93.6 Å². The molecule has 1 aliphatic rings. The number of hydrogen-bond donors (Lipinski definition) is 1. The Labute approximate surface area is 231 Å². The molecule has 9 heteroatoms. The van der Waals surface area contributed by atoms with Crippen LogP contribution in [0, 0.1) is 6.92 Å². The van der Waals surface area contributed by atoms with Crippen LogP contribution in [0.2, 0.25) is 0 Å². The summed E-state index contributed by atoms with van der Waals surface area (Å²) in [5.41, 5.74) is 5.46. The zero-order chi connectivity index (χ0) is 26.9. The van der Waals surface area contributed by atoms with Crippen molar-refractivity contribution in [1.82, 2.24) is 20.1 Å². The molecule has 4 aromatic rings. The van der Waals surface area contributed by atoms with Crippen LogP contribution >= 0.6 is 23.1 Å². The van der Waals surface area contributed by atoms with Gasteiger partial charge in [0.25, 0.3) is 0 Å². The highest BCUT2D eigenvalue weighted by Crippen LogP contribution is 2.48. The van der Waals surface area contributed by atoms with E-state index in [2.05, 4.69) is 47.9 Å². The molecular formula is C29H31N5O2S2. The van der Waals surface area contributed by atoms with E-state index in [4.69, 9.17) is 5.10 Å². The molecule has 1 N–H and O–H groups in total. The predicted octanol–water partition coefficient (Wildman–Crippen LogP) is 5.42. The molecule has 1 atom stereocenters. The fourth-order valence-corrected chi connectivity index (χ4v) is 6.58.